The minimum Gasteiger partial charge on any atom is -0.507 e. The normalized spacial score (nSPS) is 10.6. The molecule has 2 aromatic carbocycles. The second-order valence-electron chi connectivity index (χ2n) is 4.13. The lowest BCUT2D eigenvalue weighted by Gasteiger charge is -2.05. The molecule has 0 aliphatic heterocycles. The van der Waals surface area contributed by atoms with Gasteiger partial charge in [0.25, 0.3) is 5.91 Å². The largest absolute Gasteiger partial charge is 0.507 e. The molecule has 0 atom stereocenters. The van der Waals surface area contributed by atoms with Gasteiger partial charge in [-0.2, -0.15) is 5.10 Å². The predicted molar refractivity (Wildman–Crippen MR) is 81.2 cm³/mol. The van der Waals surface area contributed by atoms with Gasteiger partial charge in [-0.3, -0.25) is 4.79 Å². The molecule has 5 nitrogen and oxygen atoms in total. The van der Waals surface area contributed by atoms with Crippen molar-refractivity contribution >= 4 is 23.7 Å². The molecular weight excluding hydrogens is 292 g/mol. The van der Waals surface area contributed by atoms with E-state index >= 15 is 0 Å². The summed E-state index contributed by atoms with van der Waals surface area (Å²) in [5.74, 6) is -0.220. The molecule has 1 amide bonds. The van der Waals surface area contributed by atoms with Crippen LogP contribution in [0.1, 0.15) is 15.9 Å². The maximum atomic E-state index is 11.9. The third kappa shape index (κ3) is 3.97. The van der Waals surface area contributed by atoms with Gasteiger partial charge < -0.3 is 9.84 Å². The first-order valence-electron chi connectivity index (χ1n) is 6.06. The molecule has 6 heteroatoms. The molecule has 2 rings (SSSR count). The maximum Gasteiger partial charge on any atom is 0.275 e. The van der Waals surface area contributed by atoms with Crippen LogP contribution >= 0.6 is 11.6 Å². The van der Waals surface area contributed by atoms with E-state index in [1.54, 1.807) is 30.3 Å². The Labute approximate surface area is 126 Å². The second-order valence-corrected chi connectivity index (χ2v) is 4.57. The lowest BCUT2D eigenvalue weighted by molar-refractivity contribution is 0.0952. The van der Waals surface area contributed by atoms with Gasteiger partial charge in [-0.05, 0) is 29.8 Å². The first-order valence-corrected chi connectivity index (χ1v) is 6.44. The molecule has 2 aromatic rings. The Morgan fingerprint density at radius 3 is 2.62 bits per heavy atom. The standard InChI is InChI=1S/C15H13ClN2O3/c1-21-12-6-7-13(14(19)8-12)15(20)18-17-9-10-2-4-11(16)5-3-10/h2-9,19H,1H3,(H,18,20)/b17-9-. The summed E-state index contributed by atoms with van der Waals surface area (Å²) in [6.07, 6.45) is 1.48. The zero-order chi connectivity index (χ0) is 15.2. The number of methoxy groups -OCH3 is 1. The van der Waals surface area contributed by atoms with E-state index in [-0.39, 0.29) is 11.3 Å². The van der Waals surface area contributed by atoms with Crippen LogP contribution in [0.2, 0.25) is 5.02 Å². The first-order chi connectivity index (χ1) is 10.1. The molecule has 0 saturated heterocycles. The molecule has 0 saturated carbocycles. The summed E-state index contributed by atoms with van der Waals surface area (Å²) in [4.78, 5) is 11.9. The molecule has 0 radical (unpaired) electrons. The number of benzene rings is 2. The number of nitrogens with zero attached hydrogens (tertiary/aromatic N) is 1. The van der Waals surface area contributed by atoms with Gasteiger partial charge in [0, 0.05) is 11.1 Å². The first kappa shape index (κ1) is 14.9. The minimum atomic E-state index is -0.514. The van der Waals surface area contributed by atoms with Crippen LogP contribution in [-0.2, 0) is 0 Å². The summed E-state index contributed by atoms with van der Waals surface area (Å²) >= 11 is 5.77. The van der Waals surface area contributed by atoms with Crippen molar-refractivity contribution in [2.24, 2.45) is 5.10 Å². The number of nitrogens with one attached hydrogen (secondary N) is 1. The van der Waals surface area contributed by atoms with Gasteiger partial charge in [0.05, 0.1) is 18.9 Å². The van der Waals surface area contributed by atoms with E-state index in [0.29, 0.717) is 10.8 Å². The molecule has 0 bridgehead atoms. The van der Waals surface area contributed by atoms with Crippen molar-refractivity contribution in [1.29, 1.82) is 0 Å². The topological polar surface area (TPSA) is 70.9 Å². The highest BCUT2D eigenvalue weighted by molar-refractivity contribution is 6.30. The zero-order valence-electron chi connectivity index (χ0n) is 11.2. The van der Waals surface area contributed by atoms with Crippen molar-refractivity contribution in [3.63, 3.8) is 0 Å². The van der Waals surface area contributed by atoms with Crippen molar-refractivity contribution in [3.05, 3.63) is 58.6 Å². The fraction of sp³-hybridized carbons (Fsp3) is 0.0667. The van der Waals surface area contributed by atoms with Crippen LogP contribution in [0.25, 0.3) is 0 Å². The van der Waals surface area contributed by atoms with E-state index in [0.717, 1.165) is 5.56 Å². The van der Waals surface area contributed by atoms with Crippen LogP contribution in [0.4, 0.5) is 0 Å². The van der Waals surface area contributed by atoms with Crippen molar-refractivity contribution in [2.75, 3.05) is 7.11 Å². The van der Waals surface area contributed by atoms with Crippen LogP contribution in [0.3, 0.4) is 0 Å². The summed E-state index contributed by atoms with van der Waals surface area (Å²) in [5.41, 5.74) is 3.24. The number of hydrogen-bond donors (Lipinski definition) is 2. The SMILES string of the molecule is COc1ccc(C(=O)N/N=C\c2ccc(Cl)cc2)c(O)c1. The average molecular weight is 305 g/mol. The van der Waals surface area contributed by atoms with E-state index in [4.69, 9.17) is 16.3 Å². The van der Waals surface area contributed by atoms with Crippen LogP contribution in [0.5, 0.6) is 11.5 Å². The molecule has 0 aliphatic rings. The Kier molecular flexibility index (Phi) is 4.79. The fourth-order valence-corrected chi connectivity index (χ4v) is 1.73. The Morgan fingerprint density at radius 1 is 1.29 bits per heavy atom. The van der Waals surface area contributed by atoms with Gasteiger partial charge >= 0.3 is 0 Å². The Hall–Kier alpha value is -2.53. The fourth-order valence-electron chi connectivity index (χ4n) is 1.60. The van der Waals surface area contributed by atoms with Crippen molar-refractivity contribution < 1.29 is 14.6 Å². The van der Waals surface area contributed by atoms with Gasteiger partial charge in [0.15, 0.2) is 0 Å². The summed E-state index contributed by atoms with van der Waals surface area (Å²) in [6, 6.07) is 11.4. The summed E-state index contributed by atoms with van der Waals surface area (Å²) in [7, 11) is 1.48. The highest BCUT2D eigenvalue weighted by Gasteiger charge is 2.10. The van der Waals surface area contributed by atoms with Crippen LogP contribution in [-0.4, -0.2) is 24.3 Å². The van der Waals surface area contributed by atoms with E-state index in [1.165, 1.54) is 25.5 Å². The van der Waals surface area contributed by atoms with Gasteiger partial charge in [0.2, 0.25) is 0 Å². The number of ether oxygens (including phenoxy) is 1. The van der Waals surface area contributed by atoms with Crippen LogP contribution in [0, 0.1) is 0 Å². The van der Waals surface area contributed by atoms with Crippen molar-refractivity contribution in [3.8, 4) is 11.5 Å². The molecule has 0 fully saturated rings. The maximum absolute atomic E-state index is 11.9. The predicted octanol–water partition coefficient (Wildman–Crippen LogP) is 2.82. The number of carbonyl (C=O) groups excluding carboxylic acids is 1. The molecule has 2 N–H and O–H groups in total. The Bertz CT molecular complexity index is 669. The molecule has 0 unspecified atom stereocenters. The molecule has 0 heterocycles. The second kappa shape index (κ2) is 6.76. The van der Waals surface area contributed by atoms with Gasteiger partial charge in [-0.15, -0.1) is 0 Å². The van der Waals surface area contributed by atoms with Gasteiger partial charge in [-0.25, -0.2) is 5.43 Å². The summed E-state index contributed by atoms with van der Waals surface area (Å²) in [5, 5.41) is 14.2. The third-order valence-electron chi connectivity index (χ3n) is 2.70. The van der Waals surface area contributed by atoms with E-state index < -0.39 is 5.91 Å². The number of phenols is 1. The zero-order valence-corrected chi connectivity index (χ0v) is 12.0. The summed E-state index contributed by atoms with van der Waals surface area (Å²) in [6.45, 7) is 0. The number of amides is 1. The average Bonchev–Trinajstić information content (AvgIpc) is 2.49. The Morgan fingerprint density at radius 2 is 2.00 bits per heavy atom. The third-order valence-corrected chi connectivity index (χ3v) is 2.95. The molecule has 0 aliphatic carbocycles. The summed E-state index contributed by atoms with van der Waals surface area (Å²) < 4.78 is 4.95. The quantitative estimate of drug-likeness (QED) is 0.674. The monoisotopic (exact) mass is 304 g/mol. The van der Waals surface area contributed by atoms with E-state index in [2.05, 4.69) is 10.5 Å². The van der Waals surface area contributed by atoms with Crippen LogP contribution < -0.4 is 10.2 Å². The number of rotatable bonds is 4. The molecule has 0 aromatic heterocycles. The van der Waals surface area contributed by atoms with E-state index in [9.17, 15) is 9.90 Å². The molecule has 21 heavy (non-hydrogen) atoms. The van der Waals surface area contributed by atoms with Gasteiger partial charge in [-0.1, -0.05) is 23.7 Å². The number of carbonyl (C=O) groups is 1. The number of hydrazone groups is 1. The molecular formula is C15H13ClN2O3. The molecule has 0 spiro atoms. The lowest BCUT2D eigenvalue weighted by Crippen LogP contribution is -2.17. The highest BCUT2D eigenvalue weighted by Crippen LogP contribution is 2.23. The van der Waals surface area contributed by atoms with E-state index in [1.807, 2.05) is 0 Å². The number of hydrogen-bond acceptors (Lipinski definition) is 4. The highest BCUT2D eigenvalue weighted by atomic mass is 35.5. The molecule has 108 valence electrons. The minimum absolute atomic E-state index is 0.115. The smallest absolute Gasteiger partial charge is 0.275 e. The number of phenolic OH excluding ortho intramolecular Hbond substituents is 1. The Balaban J connectivity index is 2.03. The van der Waals surface area contributed by atoms with Crippen molar-refractivity contribution in [2.45, 2.75) is 0 Å². The lowest BCUT2D eigenvalue weighted by atomic mass is 10.2. The van der Waals surface area contributed by atoms with Crippen molar-refractivity contribution in [1.82, 2.24) is 5.43 Å². The van der Waals surface area contributed by atoms with Crippen LogP contribution in [0.15, 0.2) is 47.6 Å². The number of halogens is 1. The van der Waals surface area contributed by atoms with Gasteiger partial charge in [0.1, 0.15) is 11.5 Å². The number of aromatic hydroxyl groups is 1.